The molecule has 6 nitrogen and oxygen atoms in total. The molecule has 1 amide bonds. The van der Waals surface area contributed by atoms with Crippen molar-refractivity contribution in [2.45, 2.75) is 6.42 Å². The lowest BCUT2D eigenvalue weighted by Crippen LogP contribution is -2.27. The molecule has 7 heteroatoms. The van der Waals surface area contributed by atoms with E-state index in [9.17, 15) is 19.3 Å². The molecule has 0 saturated carbocycles. The first-order valence-electron chi connectivity index (χ1n) is 7.37. The number of nitro benzene ring substituents is 1. The average molecular weight is 331 g/mol. The highest BCUT2D eigenvalue weighted by Crippen LogP contribution is 2.24. The van der Waals surface area contributed by atoms with Crippen molar-refractivity contribution in [3.8, 4) is 0 Å². The lowest BCUT2D eigenvalue weighted by Gasteiger charge is -2.17. The van der Waals surface area contributed by atoms with Gasteiger partial charge in [-0.15, -0.1) is 0 Å². The second kappa shape index (κ2) is 7.54. The first-order valence-corrected chi connectivity index (χ1v) is 7.37. The molecule has 0 bridgehead atoms. The SMILES string of the molecule is CN(C)c1ccc([N+](=O)[O-])cc1C(=O)NCCc1cccc(F)c1. The smallest absolute Gasteiger partial charge is 0.270 e. The van der Waals surface area contributed by atoms with Crippen LogP contribution in [0.25, 0.3) is 0 Å². The van der Waals surface area contributed by atoms with E-state index in [-0.39, 0.29) is 17.1 Å². The Morgan fingerprint density at radius 3 is 2.62 bits per heavy atom. The predicted molar refractivity (Wildman–Crippen MR) is 89.9 cm³/mol. The van der Waals surface area contributed by atoms with Gasteiger partial charge in [-0.25, -0.2) is 4.39 Å². The number of benzene rings is 2. The molecule has 0 aliphatic rings. The van der Waals surface area contributed by atoms with Crippen molar-refractivity contribution >= 4 is 17.3 Å². The molecule has 0 fully saturated rings. The first-order chi connectivity index (χ1) is 11.4. The Hall–Kier alpha value is -2.96. The molecule has 1 N–H and O–H groups in total. The summed E-state index contributed by atoms with van der Waals surface area (Å²) in [6, 6.07) is 10.3. The Kier molecular flexibility index (Phi) is 5.47. The van der Waals surface area contributed by atoms with E-state index in [0.717, 1.165) is 5.56 Å². The molecule has 0 saturated heterocycles. The maximum Gasteiger partial charge on any atom is 0.270 e. The number of hydrogen-bond acceptors (Lipinski definition) is 4. The van der Waals surface area contributed by atoms with Gasteiger partial charge in [-0.05, 0) is 30.2 Å². The fourth-order valence-corrected chi connectivity index (χ4v) is 2.32. The van der Waals surface area contributed by atoms with Crippen molar-refractivity contribution in [3.05, 3.63) is 69.5 Å². The van der Waals surface area contributed by atoms with Crippen molar-refractivity contribution in [2.24, 2.45) is 0 Å². The van der Waals surface area contributed by atoms with Crippen LogP contribution in [0.4, 0.5) is 15.8 Å². The van der Waals surface area contributed by atoms with E-state index in [0.29, 0.717) is 18.7 Å². The van der Waals surface area contributed by atoms with Gasteiger partial charge in [0.1, 0.15) is 5.82 Å². The largest absolute Gasteiger partial charge is 0.377 e. The number of carbonyl (C=O) groups excluding carboxylic acids is 1. The van der Waals surface area contributed by atoms with E-state index in [1.807, 2.05) is 0 Å². The zero-order chi connectivity index (χ0) is 17.7. The van der Waals surface area contributed by atoms with Gasteiger partial charge in [-0.2, -0.15) is 0 Å². The van der Waals surface area contributed by atoms with Crippen LogP contribution < -0.4 is 10.2 Å². The summed E-state index contributed by atoms with van der Waals surface area (Å²) in [5.41, 5.74) is 1.44. The van der Waals surface area contributed by atoms with Crippen molar-refractivity contribution in [1.29, 1.82) is 0 Å². The molecule has 2 aromatic carbocycles. The second-order valence-electron chi connectivity index (χ2n) is 5.49. The van der Waals surface area contributed by atoms with E-state index in [2.05, 4.69) is 5.32 Å². The minimum atomic E-state index is -0.539. The fraction of sp³-hybridized carbons (Fsp3) is 0.235. The molecule has 0 spiro atoms. The van der Waals surface area contributed by atoms with Gasteiger partial charge < -0.3 is 10.2 Å². The number of hydrogen-bond donors (Lipinski definition) is 1. The summed E-state index contributed by atoms with van der Waals surface area (Å²) in [5.74, 6) is -0.730. The molecule has 126 valence electrons. The van der Waals surface area contributed by atoms with Crippen molar-refractivity contribution < 1.29 is 14.1 Å². The van der Waals surface area contributed by atoms with Crippen LogP contribution in [0.1, 0.15) is 15.9 Å². The molecule has 0 aromatic heterocycles. The van der Waals surface area contributed by atoms with Gasteiger partial charge >= 0.3 is 0 Å². The summed E-state index contributed by atoms with van der Waals surface area (Å²) in [6.45, 7) is 0.303. The summed E-state index contributed by atoms with van der Waals surface area (Å²) in [6.07, 6.45) is 0.468. The predicted octanol–water partition coefficient (Wildman–Crippen LogP) is 2.77. The highest BCUT2D eigenvalue weighted by atomic mass is 19.1. The zero-order valence-electron chi connectivity index (χ0n) is 13.5. The number of rotatable bonds is 6. The maximum absolute atomic E-state index is 13.1. The summed E-state index contributed by atoms with van der Waals surface area (Å²) in [7, 11) is 3.51. The number of nitro groups is 1. The molecule has 2 aromatic rings. The van der Waals surface area contributed by atoms with Gasteiger partial charge in [0.05, 0.1) is 10.5 Å². The van der Waals surface area contributed by atoms with Crippen molar-refractivity contribution in [2.75, 3.05) is 25.5 Å². The summed E-state index contributed by atoms with van der Waals surface area (Å²) in [5, 5.41) is 13.6. The molecule has 0 aliphatic carbocycles. The van der Waals surface area contributed by atoms with Crippen LogP contribution >= 0.6 is 0 Å². The van der Waals surface area contributed by atoms with Crippen molar-refractivity contribution in [3.63, 3.8) is 0 Å². The number of nitrogens with one attached hydrogen (secondary N) is 1. The highest BCUT2D eigenvalue weighted by Gasteiger charge is 2.17. The number of halogens is 1. The molecular weight excluding hydrogens is 313 g/mol. The van der Waals surface area contributed by atoms with Gasteiger partial charge in [-0.3, -0.25) is 14.9 Å². The minimum Gasteiger partial charge on any atom is -0.377 e. The molecule has 0 radical (unpaired) electrons. The first kappa shape index (κ1) is 17.4. The maximum atomic E-state index is 13.1. The van der Waals surface area contributed by atoms with Crippen LogP contribution in [-0.4, -0.2) is 31.5 Å². The van der Waals surface area contributed by atoms with E-state index in [1.165, 1.54) is 24.3 Å². The van der Waals surface area contributed by atoms with E-state index in [1.54, 1.807) is 37.2 Å². The van der Waals surface area contributed by atoms with Gasteiger partial charge in [0.25, 0.3) is 11.6 Å². The summed E-state index contributed by atoms with van der Waals surface area (Å²) >= 11 is 0. The van der Waals surface area contributed by atoms with Gasteiger partial charge in [0.15, 0.2) is 0 Å². The van der Waals surface area contributed by atoms with Crippen LogP contribution in [-0.2, 0) is 6.42 Å². The third-order valence-electron chi connectivity index (χ3n) is 3.51. The second-order valence-corrected chi connectivity index (χ2v) is 5.49. The van der Waals surface area contributed by atoms with Crippen LogP contribution in [0.5, 0.6) is 0 Å². The number of amides is 1. The Morgan fingerprint density at radius 2 is 2.00 bits per heavy atom. The van der Waals surface area contributed by atoms with E-state index >= 15 is 0 Å². The molecular formula is C17H18FN3O3. The fourth-order valence-electron chi connectivity index (χ4n) is 2.32. The molecule has 0 atom stereocenters. The number of anilines is 1. The monoisotopic (exact) mass is 331 g/mol. The van der Waals surface area contributed by atoms with Gasteiger partial charge in [-0.1, -0.05) is 12.1 Å². The van der Waals surface area contributed by atoms with Crippen LogP contribution in [0.15, 0.2) is 42.5 Å². The van der Waals surface area contributed by atoms with Crippen molar-refractivity contribution in [1.82, 2.24) is 5.32 Å². The summed E-state index contributed by atoms with van der Waals surface area (Å²) < 4.78 is 13.1. The minimum absolute atomic E-state index is 0.143. The standard InChI is InChI=1S/C17H18FN3O3/c1-20(2)16-7-6-14(21(23)24)11-15(16)17(22)19-9-8-12-4-3-5-13(18)10-12/h3-7,10-11H,8-9H2,1-2H3,(H,19,22). The Bertz CT molecular complexity index is 762. The van der Waals surface area contributed by atoms with Gasteiger partial charge in [0.2, 0.25) is 0 Å². The quantitative estimate of drug-likeness (QED) is 0.652. The Labute approximate surface area is 139 Å². The Morgan fingerprint density at radius 1 is 1.25 bits per heavy atom. The topological polar surface area (TPSA) is 75.5 Å². The van der Waals surface area contributed by atoms with Crippen LogP contribution in [0, 0.1) is 15.9 Å². The third kappa shape index (κ3) is 4.28. The van der Waals surface area contributed by atoms with Crippen LogP contribution in [0.3, 0.4) is 0 Å². The normalized spacial score (nSPS) is 10.3. The van der Waals surface area contributed by atoms with Crippen LogP contribution in [0.2, 0.25) is 0 Å². The van der Waals surface area contributed by atoms with E-state index < -0.39 is 10.8 Å². The molecule has 0 aliphatic heterocycles. The Balaban J connectivity index is 2.10. The number of carbonyl (C=O) groups is 1. The molecule has 0 heterocycles. The molecule has 24 heavy (non-hydrogen) atoms. The zero-order valence-corrected chi connectivity index (χ0v) is 13.5. The number of nitrogens with zero attached hydrogens (tertiary/aromatic N) is 2. The lowest BCUT2D eigenvalue weighted by molar-refractivity contribution is -0.384. The lowest BCUT2D eigenvalue weighted by atomic mass is 10.1. The van der Waals surface area contributed by atoms with Gasteiger partial charge in [0, 0.05) is 38.5 Å². The summed E-state index contributed by atoms with van der Waals surface area (Å²) in [4.78, 5) is 24.5. The average Bonchev–Trinajstić information content (AvgIpc) is 2.54. The molecule has 0 unspecified atom stereocenters. The number of non-ortho nitro benzene ring substituents is 1. The third-order valence-corrected chi connectivity index (χ3v) is 3.51. The van der Waals surface area contributed by atoms with E-state index in [4.69, 9.17) is 0 Å². The molecule has 2 rings (SSSR count). The highest BCUT2D eigenvalue weighted by molar-refractivity contribution is 6.00.